The molecule has 0 aromatic heterocycles. The fourth-order valence-corrected chi connectivity index (χ4v) is 3.38. The fourth-order valence-electron chi connectivity index (χ4n) is 1.74. The van der Waals surface area contributed by atoms with Gasteiger partial charge in [-0.15, -0.1) is 0 Å². The van der Waals surface area contributed by atoms with Gasteiger partial charge in [0.2, 0.25) is 0 Å². The van der Waals surface area contributed by atoms with Crippen LogP contribution in [0.3, 0.4) is 0 Å². The van der Waals surface area contributed by atoms with E-state index in [0.29, 0.717) is 18.0 Å². The molecule has 2 atom stereocenters. The molecule has 1 saturated heterocycles. The van der Waals surface area contributed by atoms with Crippen molar-refractivity contribution in [3.05, 3.63) is 0 Å². The summed E-state index contributed by atoms with van der Waals surface area (Å²) in [5.41, 5.74) is -0.187. The summed E-state index contributed by atoms with van der Waals surface area (Å²) in [6, 6.07) is 0.536. The van der Waals surface area contributed by atoms with E-state index in [0.717, 1.165) is 6.42 Å². The van der Waals surface area contributed by atoms with Gasteiger partial charge in [-0.25, -0.2) is 0 Å². The quantitative estimate of drug-likeness (QED) is 0.778. The molecule has 1 rings (SSSR count). The van der Waals surface area contributed by atoms with Crippen molar-refractivity contribution in [3.63, 3.8) is 0 Å². The second-order valence-corrected chi connectivity index (χ2v) is 6.75. The van der Waals surface area contributed by atoms with Crippen molar-refractivity contribution in [1.82, 2.24) is 5.32 Å². The molecule has 1 fully saturated rings. The number of aliphatic hydroxyl groups is 1. The van der Waals surface area contributed by atoms with Crippen LogP contribution >= 0.6 is 11.8 Å². The molecule has 1 heterocycles. The van der Waals surface area contributed by atoms with Crippen LogP contribution in [0.15, 0.2) is 0 Å². The third-order valence-corrected chi connectivity index (χ3v) is 4.67. The maximum atomic E-state index is 9.95. The third-order valence-electron chi connectivity index (χ3n) is 3.61. The molecule has 0 aliphatic carbocycles. The van der Waals surface area contributed by atoms with Crippen molar-refractivity contribution in [1.29, 1.82) is 0 Å². The Bertz CT molecular complexity index is 204. The lowest BCUT2D eigenvalue weighted by Crippen LogP contribution is -2.51. The average molecular weight is 231 g/mol. The SMILES string of the molecule is CCC(C)(O)CNC1CSCCC1(C)C. The summed E-state index contributed by atoms with van der Waals surface area (Å²) in [7, 11) is 0. The van der Waals surface area contributed by atoms with Crippen LogP contribution in [0.2, 0.25) is 0 Å². The lowest BCUT2D eigenvalue weighted by molar-refractivity contribution is 0.0477. The Labute approximate surface area is 98.2 Å². The molecule has 0 bridgehead atoms. The number of nitrogens with one attached hydrogen (secondary N) is 1. The molecule has 15 heavy (non-hydrogen) atoms. The summed E-state index contributed by atoms with van der Waals surface area (Å²) < 4.78 is 0. The van der Waals surface area contributed by atoms with Gasteiger partial charge in [0.25, 0.3) is 0 Å². The van der Waals surface area contributed by atoms with Gasteiger partial charge in [-0.2, -0.15) is 11.8 Å². The van der Waals surface area contributed by atoms with Crippen molar-refractivity contribution in [2.75, 3.05) is 18.1 Å². The van der Waals surface area contributed by atoms with E-state index in [4.69, 9.17) is 0 Å². The number of thioether (sulfide) groups is 1. The first-order valence-electron chi connectivity index (χ1n) is 5.91. The highest BCUT2D eigenvalue weighted by molar-refractivity contribution is 7.99. The first kappa shape index (κ1) is 13.3. The van der Waals surface area contributed by atoms with Gasteiger partial charge in [-0.05, 0) is 30.9 Å². The maximum absolute atomic E-state index is 9.95. The van der Waals surface area contributed by atoms with Crippen LogP contribution in [0.5, 0.6) is 0 Å². The molecule has 0 aromatic rings. The Morgan fingerprint density at radius 3 is 2.73 bits per heavy atom. The lowest BCUT2D eigenvalue weighted by atomic mass is 9.82. The van der Waals surface area contributed by atoms with E-state index >= 15 is 0 Å². The standard InChI is InChI=1S/C12H25NOS/c1-5-12(4,14)9-13-10-8-15-7-6-11(10,2)3/h10,13-14H,5-9H2,1-4H3. The van der Waals surface area contributed by atoms with E-state index in [-0.39, 0.29) is 0 Å². The van der Waals surface area contributed by atoms with Gasteiger partial charge >= 0.3 is 0 Å². The molecule has 2 unspecified atom stereocenters. The van der Waals surface area contributed by atoms with Gasteiger partial charge in [0.05, 0.1) is 5.60 Å². The first-order valence-corrected chi connectivity index (χ1v) is 7.06. The zero-order valence-corrected chi connectivity index (χ0v) is 11.3. The van der Waals surface area contributed by atoms with E-state index in [1.165, 1.54) is 17.9 Å². The van der Waals surface area contributed by atoms with Crippen LogP contribution in [-0.4, -0.2) is 34.8 Å². The largest absolute Gasteiger partial charge is 0.389 e. The molecular formula is C12H25NOS. The Morgan fingerprint density at radius 1 is 1.53 bits per heavy atom. The normalized spacial score (nSPS) is 29.8. The predicted octanol–water partition coefficient (Wildman–Crippen LogP) is 2.27. The second kappa shape index (κ2) is 5.07. The van der Waals surface area contributed by atoms with E-state index < -0.39 is 5.60 Å². The van der Waals surface area contributed by atoms with Gasteiger partial charge in [-0.1, -0.05) is 20.8 Å². The topological polar surface area (TPSA) is 32.3 Å². The average Bonchev–Trinajstić information content (AvgIpc) is 2.16. The number of hydrogen-bond acceptors (Lipinski definition) is 3. The van der Waals surface area contributed by atoms with E-state index in [1.54, 1.807) is 0 Å². The molecule has 0 amide bonds. The van der Waals surface area contributed by atoms with Gasteiger partial charge in [0.15, 0.2) is 0 Å². The summed E-state index contributed by atoms with van der Waals surface area (Å²) in [4.78, 5) is 0. The molecule has 1 aliphatic rings. The first-order chi connectivity index (χ1) is 6.87. The van der Waals surface area contributed by atoms with Gasteiger partial charge < -0.3 is 10.4 Å². The predicted molar refractivity (Wildman–Crippen MR) is 68.4 cm³/mol. The molecule has 0 aromatic carbocycles. The van der Waals surface area contributed by atoms with Gasteiger partial charge in [0, 0.05) is 18.3 Å². The summed E-state index contributed by atoms with van der Waals surface area (Å²) in [5, 5.41) is 13.5. The summed E-state index contributed by atoms with van der Waals surface area (Å²) in [6.45, 7) is 9.29. The zero-order chi connectivity index (χ0) is 11.5. The Balaban J connectivity index is 2.43. The summed E-state index contributed by atoms with van der Waals surface area (Å²) in [5.74, 6) is 2.45. The van der Waals surface area contributed by atoms with Gasteiger partial charge in [-0.3, -0.25) is 0 Å². The second-order valence-electron chi connectivity index (χ2n) is 5.60. The number of rotatable bonds is 4. The molecule has 0 saturated carbocycles. The third kappa shape index (κ3) is 3.97. The van der Waals surface area contributed by atoms with Crippen molar-refractivity contribution < 1.29 is 5.11 Å². The molecule has 2 N–H and O–H groups in total. The van der Waals surface area contributed by atoms with Crippen LogP contribution in [0.1, 0.15) is 40.5 Å². The molecule has 1 aliphatic heterocycles. The molecular weight excluding hydrogens is 206 g/mol. The van der Waals surface area contributed by atoms with Crippen LogP contribution in [0.25, 0.3) is 0 Å². The molecule has 90 valence electrons. The highest BCUT2D eigenvalue weighted by atomic mass is 32.2. The van der Waals surface area contributed by atoms with Crippen LogP contribution in [0, 0.1) is 5.41 Å². The highest BCUT2D eigenvalue weighted by Crippen LogP contribution is 2.34. The van der Waals surface area contributed by atoms with Crippen molar-refractivity contribution in [2.24, 2.45) is 5.41 Å². The summed E-state index contributed by atoms with van der Waals surface area (Å²) >= 11 is 2.02. The molecule has 0 radical (unpaired) electrons. The smallest absolute Gasteiger partial charge is 0.0741 e. The minimum Gasteiger partial charge on any atom is -0.389 e. The minimum atomic E-state index is -0.557. The maximum Gasteiger partial charge on any atom is 0.0741 e. The Morgan fingerprint density at radius 2 is 2.20 bits per heavy atom. The Hall–Kier alpha value is 0.270. The van der Waals surface area contributed by atoms with E-state index in [9.17, 15) is 5.11 Å². The minimum absolute atomic E-state index is 0.370. The van der Waals surface area contributed by atoms with Crippen molar-refractivity contribution in [3.8, 4) is 0 Å². The van der Waals surface area contributed by atoms with Gasteiger partial charge in [0.1, 0.15) is 0 Å². The van der Waals surface area contributed by atoms with Crippen LogP contribution in [0.4, 0.5) is 0 Å². The lowest BCUT2D eigenvalue weighted by Gasteiger charge is -2.40. The van der Waals surface area contributed by atoms with Crippen molar-refractivity contribution >= 4 is 11.8 Å². The fraction of sp³-hybridized carbons (Fsp3) is 1.00. The molecule has 3 heteroatoms. The van der Waals surface area contributed by atoms with Crippen molar-refractivity contribution in [2.45, 2.75) is 52.2 Å². The highest BCUT2D eigenvalue weighted by Gasteiger charge is 2.33. The monoisotopic (exact) mass is 231 g/mol. The van der Waals surface area contributed by atoms with E-state index in [1.807, 2.05) is 25.6 Å². The summed E-state index contributed by atoms with van der Waals surface area (Å²) in [6.07, 6.45) is 2.07. The number of hydrogen-bond donors (Lipinski definition) is 2. The van der Waals surface area contributed by atoms with Crippen LogP contribution < -0.4 is 5.32 Å². The Kier molecular flexibility index (Phi) is 4.50. The molecule has 0 spiro atoms. The molecule has 2 nitrogen and oxygen atoms in total. The van der Waals surface area contributed by atoms with E-state index in [2.05, 4.69) is 19.2 Å². The van der Waals surface area contributed by atoms with Crippen LogP contribution in [-0.2, 0) is 0 Å². The zero-order valence-electron chi connectivity index (χ0n) is 10.5.